The molecule has 1 unspecified atom stereocenters. The lowest BCUT2D eigenvalue weighted by molar-refractivity contribution is 0.570. The minimum Gasteiger partial charge on any atom is -0.308 e. The second-order valence-corrected chi connectivity index (χ2v) is 4.84. The van der Waals surface area contributed by atoms with E-state index < -0.39 is 11.6 Å². The van der Waals surface area contributed by atoms with E-state index in [-0.39, 0.29) is 6.04 Å². The molecule has 1 aromatic heterocycles. The second-order valence-electron chi connectivity index (χ2n) is 4.84. The number of pyridine rings is 1. The summed E-state index contributed by atoms with van der Waals surface area (Å²) in [5.74, 6) is -1.18. The summed E-state index contributed by atoms with van der Waals surface area (Å²) in [7, 11) is 1.75. The topological polar surface area (TPSA) is 24.9 Å². The van der Waals surface area contributed by atoms with Gasteiger partial charge in [-0.2, -0.15) is 0 Å². The van der Waals surface area contributed by atoms with Gasteiger partial charge >= 0.3 is 0 Å². The Labute approximate surface area is 121 Å². The number of hydrogen-bond donors (Lipinski definition) is 1. The predicted molar refractivity (Wildman–Crippen MR) is 79.0 cm³/mol. The molecule has 2 aromatic carbocycles. The molecule has 1 N–H and O–H groups in total. The van der Waals surface area contributed by atoms with Crippen LogP contribution in [0.2, 0.25) is 0 Å². The molecule has 0 aliphatic carbocycles. The first-order valence-corrected chi connectivity index (χ1v) is 6.66. The molecule has 3 rings (SSSR count). The molecule has 0 saturated carbocycles. The molecule has 0 bridgehead atoms. The molecular formula is C17H14F2N2. The first-order valence-electron chi connectivity index (χ1n) is 6.66. The van der Waals surface area contributed by atoms with Gasteiger partial charge in [-0.15, -0.1) is 0 Å². The quantitative estimate of drug-likeness (QED) is 0.791. The van der Waals surface area contributed by atoms with Crippen LogP contribution in [0.1, 0.15) is 17.3 Å². The molecule has 0 radical (unpaired) electrons. The summed E-state index contributed by atoms with van der Waals surface area (Å²) in [5, 5.41) is 5.09. The van der Waals surface area contributed by atoms with E-state index in [0.29, 0.717) is 5.56 Å². The highest BCUT2D eigenvalue weighted by molar-refractivity contribution is 5.85. The normalized spacial score (nSPS) is 12.5. The number of rotatable bonds is 3. The van der Waals surface area contributed by atoms with Gasteiger partial charge in [0.05, 0.1) is 11.7 Å². The van der Waals surface area contributed by atoms with Gasteiger partial charge in [-0.3, -0.25) is 4.98 Å². The summed E-state index contributed by atoms with van der Waals surface area (Å²) in [6, 6.07) is 12.9. The number of fused-ring (bicyclic) bond motifs is 1. The van der Waals surface area contributed by atoms with Gasteiger partial charge in [-0.05, 0) is 36.2 Å². The van der Waals surface area contributed by atoms with Gasteiger partial charge in [0.25, 0.3) is 0 Å². The zero-order chi connectivity index (χ0) is 14.8. The lowest BCUT2D eigenvalue weighted by atomic mass is 9.98. The molecule has 0 fully saturated rings. The fourth-order valence-corrected chi connectivity index (χ4v) is 2.58. The van der Waals surface area contributed by atoms with Crippen molar-refractivity contribution in [2.45, 2.75) is 6.04 Å². The minimum absolute atomic E-state index is 0.374. The van der Waals surface area contributed by atoms with E-state index in [9.17, 15) is 8.78 Å². The minimum atomic E-state index is -0.592. The van der Waals surface area contributed by atoms with Crippen molar-refractivity contribution in [1.82, 2.24) is 10.3 Å². The van der Waals surface area contributed by atoms with Crippen LogP contribution < -0.4 is 5.32 Å². The molecule has 21 heavy (non-hydrogen) atoms. The molecule has 0 spiro atoms. The van der Waals surface area contributed by atoms with Gasteiger partial charge in [0.1, 0.15) is 11.6 Å². The fourth-order valence-electron chi connectivity index (χ4n) is 2.58. The SMILES string of the molecule is CNC(c1cc(F)cc(F)c1)c1nccc2ccccc12. The maximum atomic E-state index is 13.5. The number of nitrogens with one attached hydrogen (secondary N) is 1. The zero-order valence-electron chi connectivity index (χ0n) is 11.5. The number of nitrogens with zero attached hydrogens (tertiary/aromatic N) is 1. The van der Waals surface area contributed by atoms with Crippen molar-refractivity contribution < 1.29 is 8.78 Å². The highest BCUT2D eigenvalue weighted by atomic mass is 19.1. The molecule has 0 saturated heterocycles. The van der Waals surface area contributed by atoms with E-state index in [4.69, 9.17) is 0 Å². The van der Waals surface area contributed by atoms with Crippen molar-refractivity contribution in [1.29, 1.82) is 0 Å². The van der Waals surface area contributed by atoms with Crippen molar-refractivity contribution in [3.63, 3.8) is 0 Å². The van der Waals surface area contributed by atoms with Crippen LogP contribution in [0.4, 0.5) is 8.78 Å². The Balaban J connectivity index is 2.18. The molecule has 0 amide bonds. The van der Waals surface area contributed by atoms with Gasteiger partial charge in [0.15, 0.2) is 0 Å². The Morgan fingerprint density at radius 3 is 2.43 bits per heavy atom. The van der Waals surface area contributed by atoms with Gasteiger partial charge in [-0.1, -0.05) is 24.3 Å². The highest BCUT2D eigenvalue weighted by Crippen LogP contribution is 2.27. The molecule has 3 aromatic rings. The third-order valence-electron chi connectivity index (χ3n) is 3.48. The maximum absolute atomic E-state index is 13.5. The molecule has 106 valence electrons. The largest absolute Gasteiger partial charge is 0.308 e. The Morgan fingerprint density at radius 2 is 1.71 bits per heavy atom. The van der Waals surface area contributed by atoms with Crippen LogP contribution in [0.15, 0.2) is 54.7 Å². The van der Waals surface area contributed by atoms with E-state index in [1.165, 1.54) is 12.1 Å². The van der Waals surface area contributed by atoms with Crippen LogP contribution in [-0.2, 0) is 0 Å². The van der Waals surface area contributed by atoms with Gasteiger partial charge in [-0.25, -0.2) is 8.78 Å². The third kappa shape index (κ3) is 2.62. The molecule has 2 nitrogen and oxygen atoms in total. The standard InChI is InChI=1S/C17H14F2N2/c1-20-16(12-8-13(18)10-14(19)9-12)17-15-5-3-2-4-11(15)6-7-21-17/h2-10,16,20H,1H3. The summed E-state index contributed by atoms with van der Waals surface area (Å²) in [6.45, 7) is 0. The van der Waals surface area contributed by atoms with Crippen molar-refractivity contribution in [3.05, 3.63) is 77.6 Å². The number of hydrogen-bond acceptors (Lipinski definition) is 2. The van der Waals surface area contributed by atoms with Crippen molar-refractivity contribution in [2.75, 3.05) is 7.05 Å². The van der Waals surface area contributed by atoms with Crippen molar-refractivity contribution in [2.24, 2.45) is 0 Å². The number of benzene rings is 2. The highest BCUT2D eigenvalue weighted by Gasteiger charge is 2.17. The van der Waals surface area contributed by atoms with Crippen LogP contribution in [0, 0.1) is 11.6 Å². The van der Waals surface area contributed by atoms with Gasteiger partial charge in [0.2, 0.25) is 0 Å². The van der Waals surface area contributed by atoms with Crippen LogP contribution in [0.5, 0.6) is 0 Å². The Kier molecular flexibility index (Phi) is 3.62. The van der Waals surface area contributed by atoms with Crippen molar-refractivity contribution in [3.8, 4) is 0 Å². The Hall–Kier alpha value is -2.33. The van der Waals surface area contributed by atoms with Crippen molar-refractivity contribution >= 4 is 10.8 Å². The van der Waals surface area contributed by atoms with E-state index in [2.05, 4.69) is 10.3 Å². The fraction of sp³-hybridized carbons (Fsp3) is 0.118. The molecule has 4 heteroatoms. The molecule has 1 atom stereocenters. The van der Waals surface area contributed by atoms with E-state index >= 15 is 0 Å². The predicted octanol–water partition coefficient (Wildman–Crippen LogP) is 3.82. The first-order chi connectivity index (χ1) is 10.2. The number of halogens is 2. The lowest BCUT2D eigenvalue weighted by Crippen LogP contribution is -2.19. The maximum Gasteiger partial charge on any atom is 0.126 e. The van der Waals surface area contributed by atoms with E-state index in [1.807, 2.05) is 30.3 Å². The monoisotopic (exact) mass is 284 g/mol. The average molecular weight is 284 g/mol. The van der Waals surface area contributed by atoms with E-state index in [1.54, 1.807) is 13.2 Å². The second kappa shape index (κ2) is 5.58. The van der Waals surface area contributed by atoms with Gasteiger partial charge in [0, 0.05) is 17.6 Å². The third-order valence-corrected chi connectivity index (χ3v) is 3.48. The van der Waals surface area contributed by atoms with E-state index in [0.717, 1.165) is 22.5 Å². The zero-order valence-corrected chi connectivity index (χ0v) is 11.5. The summed E-state index contributed by atoms with van der Waals surface area (Å²) in [6.07, 6.45) is 1.71. The van der Waals surface area contributed by atoms with Crippen LogP contribution in [0.25, 0.3) is 10.8 Å². The molecule has 0 aliphatic heterocycles. The molecule has 1 heterocycles. The molecular weight excluding hydrogens is 270 g/mol. The Morgan fingerprint density at radius 1 is 1.00 bits per heavy atom. The summed E-state index contributed by atoms with van der Waals surface area (Å²) in [4.78, 5) is 4.41. The Bertz CT molecular complexity index is 761. The van der Waals surface area contributed by atoms with Crippen LogP contribution in [0.3, 0.4) is 0 Å². The molecule has 0 aliphatic rings. The first kappa shape index (κ1) is 13.6. The van der Waals surface area contributed by atoms with Gasteiger partial charge < -0.3 is 5.32 Å². The lowest BCUT2D eigenvalue weighted by Gasteiger charge is -2.18. The summed E-state index contributed by atoms with van der Waals surface area (Å²) >= 11 is 0. The van der Waals surface area contributed by atoms with Crippen LogP contribution in [-0.4, -0.2) is 12.0 Å². The average Bonchev–Trinajstić information content (AvgIpc) is 2.47. The number of aromatic nitrogens is 1. The summed E-state index contributed by atoms with van der Waals surface area (Å²) < 4.78 is 26.9. The smallest absolute Gasteiger partial charge is 0.126 e. The summed E-state index contributed by atoms with van der Waals surface area (Å²) in [5.41, 5.74) is 1.26. The van der Waals surface area contributed by atoms with Crippen LogP contribution >= 0.6 is 0 Å².